The topological polar surface area (TPSA) is 35.2 Å². The summed E-state index contributed by atoms with van der Waals surface area (Å²) in [5, 5.41) is 1.25. The largest absolute Gasteiger partial charge is 0.369 e. The second-order valence-electron chi connectivity index (χ2n) is 6.44. The number of hydrogen-bond acceptors (Lipinski definition) is 2. The summed E-state index contributed by atoms with van der Waals surface area (Å²) in [5.74, 6) is 0.180. The Hall–Kier alpha value is -0.280. The van der Waals surface area contributed by atoms with Crippen molar-refractivity contribution in [1.82, 2.24) is 0 Å². The van der Waals surface area contributed by atoms with Crippen molar-refractivity contribution in [2.75, 3.05) is 0 Å². The van der Waals surface area contributed by atoms with E-state index < -0.39 is 0 Å². The van der Waals surface area contributed by atoms with E-state index in [1.807, 2.05) is 18.2 Å². The van der Waals surface area contributed by atoms with Crippen molar-refractivity contribution in [1.29, 1.82) is 0 Å². The molecular weight excluding hydrogens is 281 g/mol. The molecule has 0 saturated carbocycles. The van der Waals surface area contributed by atoms with Gasteiger partial charge in [0.1, 0.15) is 0 Å². The zero-order valence-corrected chi connectivity index (χ0v) is 13.3. The fourth-order valence-electron chi connectivity index (χ4n) is 3.19. The van der Waals surface area contributed by atoms with E-state index in [-0.39, 0.29) is 23.2 Å². The van der Waals surface area contributed by atoms with E-state index in [1.54, 1.807) is 0 Å². The van der Waals surface area contributed by atoms with E-state index in [9.17, 15) is 0 Å². The van der Waals surface area contributed by atoms with Gasteiger partial charge in [-0.2, -0.15) is 0 Å². The van der Waals surface area contributed by atoms with Gasteiger partial charge in [0.15, 0.2) is 0 Å². The minimum Gasteiger partial charge on any atom is -0.369 e. The van der Waals surface area contributed by atoms with Crippen LogP contribution in [0.5, 0.6) is 0 Å². The van der Waals surface area contributed by atoms with Gasteiger partial charge in [0, 0.05) is 27.6 Å². The first-order valence-electron chi connectivity index (χ1n) is 6.54. The van der Waals surface area contributed by atoms with Crippen LogP contribution in [0.2, 0.25) is 10.0 Å². The third kappa shape index (κ3) is 2.92. The molecule has 0 aliphatic carbocycles. The zero-order valence-electron chi connectivity index (χ0n) is 11.8. The van der Waals surface area contributed by atoms with Crippen molar-refractivity contribution in [2.45, 2.75) is 51.4 Å². The molecule has 2 N–H and O–H groups in total. The smallest absolute Gasteiger partial charge is 0.0680 e. The molecule has 19 heavy (non-hydrogen) atoms. The molecule has 4 heteroatoms. The van der Waals surface area contributed by atoms with Crippen molar-refractivity contribution in [3.63, 3.8) is 0 Å². The summed E-state index contributed by atoms with van der Waals surface area (Å²) in [6.07, 6.45) is 0.892. The molecule has 2 unspecified atom stereocenters. The number of rotatable bonds is 2. The van der Waals surface area contributed by atoms with Crippen LogP contribution in [0.3, 0.4) is 0 Å². The highest BCUT2D eigenvalue weighted by Gasteiger charge is 2.49. The van der Waals surface area contributed by atoms with Gasteiger partial charge in [0.25, 0.3) is 0 Å². The molecule has 1 heterocycles. The van der Waals surface area contributed by atoms with Crippen LogP contribution in [0.25, 0.3) is 0 Å². The van der Waals surface area contributed by atoms with Crippen molar-refractivity contribution < 1.29 is 4.74 Å². The van der Waals surface area contributed by atoms with Gasteiger partial charge in [-0.15, -0.1) is 0 Å². The molecule has 1 saturated heterocycles. The molecule has 0 bridgehead atoms. The lowest BCUT2D eigenvalue weighted by Gasteiger charge is -2.31. The Balaban J connectivity index is 2.37. The van der Waals surface area contributed by atoms with Crippen molar-refractivity contribution in [3.8, 4) is 0 Å². The Morgan fingerprint density at radius 2 is 1.74 bits per heavy atom. The Morgan fingerprint density at radius 3 is 2.16 bits per heavy atom. The molecule has 0 aromatic heterocycles. The van der Waals surface area contributed by atoms with Crippen LogP contribution in [0.15, 0.2) is 18.2 Å². The molecule has 1 aromatic rings. The summed E-state index contributed by atoms with van der Waals surface area (Å²) in [7, 11) is 0. The molecule has 1 aliphatic rings. The van der Waals surface area contributed by atoms with Crippen LogP contribution in [0.4, 0.5) is 0 Å². The van der Waals surface area contributed by atoms with Gasteiger partial charge in [-0.05, 0) is 46.2 Å². The van der Waals surface area contributed by atoms with E-state index in [4.69, 9.17) is 33.7 Å². The predicted molar refractivity (Wildman–Crippen MR) is 80.7 cm³/mol. The summed E-state index contributed by atoms with van der Waals surface area (Å²) in [6.45, 7) is 8.35. The second kappa shape index (κ2) is 4.92. The van der Waals surface area contributed by atoms with Gasteiger partial charge in [0.05, 0.1) is 11.2 Å². The lowest BCUT2D eigenvalue weighted by atomic mass is 9.79. The maximum absolute atomic E-state index is 6.45. The Morgan fingerprint density at radius 1 is 1.21 bits per heavy atom. The molecule has 1 fully saturated rings. The van der Waals surface area contributed by atoms with Gasteiger partial charge in [-0.25, -0.2) is 0 Å². The number of ether oxygens (including phenoxy) is 1. The molecule has 0 amide bonds. The van der Waals surface area contributed by atoms with Gasteiger partial charge in [-0.3, -0.25) is 0 Å². The monoisotopic (exact) mass is 301 g/mol. The van der Waals surface area contributed by atoms with E-state index in [1.165, 1.54) is 0 Å². The van der Waals surface area contributed by atoms with E-state index in [0.29, 0.717) is 10.0 Å². The third-order valence-electron chi connectivity index (χ3n) is 3.91. The minimum atomic E-state index is -0.286. The van der Waals surface area contributed by atoms with Crippen LogP contribution in [0.1, 0.15) is 45.7 Å². The first-order chi connectivity index (χ1) is 8.64. The molecule has 106 valence electrons. The first kappa shape index (κ1) is 15.1. The van der Waals surface area contributed by atoms with Crippen LogP contribution in [-0.2, 0) is 4.74 Å². The first-order valence-corrected chi connectivity index (χ1v) is 7.29. The summed E-state index contributed by atoms with van der Waals surface area (Å²) in [4.78, 5) is 0. The van der Waals surface area contributed by atoms with Crippen LogP contribution in [-0.4, -0.2) is 11.2 Å². The SMILES string of the molecule is CC1(C)CC(C(N)c2c(Cl)cccc2Cl)C(C)(C)O1. The molecular formula is C15H21Cl2NO. The molecule has 2 nitrogen and oxygen atoms in total. The van der Waals surface area contributed by atoms with Gasteiger partial charge in [-0.1, -0.05) is 29.3 Å². The standard InChI is InChI=1S/C15H21Cl2NO/c1-14(2)8-9(15(3,4)19-14)13(18)12-10(16)6-5-7-11(12)17/h5-7,9,13H,8,18H2,1-4H3. The lowest BCUT2D eigenvalue weighted by Crippen LogP contribution is -2.36. The molecule has 2 rings (SSSR count). The average Bonchev–Trinajstić information content (AvgIpc) is 2.46. The second-order valence-corrected chi connectivity index (χ2v) is 7.25. The Kier molecular flexibility index (Phi) is 3.92. The van der Waals surface area contributed by atoms with E-state index in [0.717, 1.165) is 12.0 Å². The summed E-state index contributed by atoms with van der Waals surface area (Å²) in [5.41, 5.74) is 6.82. The number of hydrogen-bond donors (Lipinski definition) is 1. The third-order valence-corrected chi connectivity index (χ3v) is 4.57. The van der Waals surface area contributed by atoms with Crippen molar-refractivity contribution in [2.24, 2.45) is 11.7 Å². The average molecular weight is 302 g/mol. The molecule has 1 aliphatic heterocycles. The van der Waals surface area contributed by atoms with Crippen molar-refractivity contribution >= 4 is 23.2 Å². The van der Waals surface area contributed by atoms with Crippen LogP contribution < -0.4 is 5.73 Å². The maximum Gasteiger partial charge on any atom is 0.0680 e. The Bertz CT molecular complexity index is 465. The fraction of sp³-hybridized carbons (Fsp3) is 0.600. The predicted octanol–water partition coefficient (Wildman–Crippen LogP) is 4.59. The highest BCUT2D eigenvalue weighted by atomic mass is 35.5. The highest BCUT2D eigenvalue weighted by molar-refractivity contribution is 6.36. The van der Waals surface area contributed by atoms with E-state index in [2.05, 4.69) is 27.7 Å². The number of halogens is 2. The van der Waals surface area contributed by atoms with Crippen molar-refractivity contribution in [3.05, 3.63) is 33.8 Å². The summed E-state index contributed by atoms with van der Waals surface area (Å²) >= 11 is 12.5. The minimum absolute atomic E-state index is 0.167. The summed E-state index contributed by atoms with van der Waals surface area (Å²) in [6, 6.07) is 5.27. The quantitative estimate of drug-likeness (QED) is 0.867. The number of nitrogens with two attached hydrogens (primary N) is 1. The van der Waals surface area contributed by atoms with Crippen LogP contribution in [0, 0.1) is 5.92 Å². The normalized spacial score (nSPS) is 26.4. The van der Waals surface area contributed by atoms with Gasteiger partial charge >= 0.3 is 0 Å². The summed E-state index contributed by atoms with van der Waals surface area (Å²) < 4.78 is 6.10. The molecule has 0 spiro atoms. The lowest BCUT2D eigenvalue weighted by molar-refractivity contribution is -0.0767. The zero-order chi connectivity index (χ0) is 14.4. The fourth-order valence-corrected chi connectivity index (χ4v) is 3.84. The van der Waals surface area contributed by atoms with Crippen LogP contribution >= 0.6 is 23.2 Å². The number of benzene rings is 1. The molecule has 0 radical (unpaired) electrons. The molecule has 2 atom stereocenters. The Labute approximate surface area is 125 Å². The van der Waals surface area contributed by atoms with Gasteiger partial charge in [0.2, 0.25) is 0 Å². The molecule has 1 aromatic carbocycles. The van der Waals surface area contributed by atoms with Gasteiger partial charge < -0.3 is 10.5 Å². The maximum atomic E-state index is 6.45. The van der Waals surface area contributed by atoms with E-state index >= 15 is 0 Å². The highest BCUT2D eigenvalue weighted by Crippen LogP contribution is 2.48.